The molecule has 1 aromatic carbocycles. The van der Waals surface area contributed by atoms with Gasteiger partial charge >= 0.3 is 0 Å². The van der Waals surface area contributed by atoms with Crippen molar-refractivity contribution in [2.24, 2.45) is 0 Å². The zero-order chi connectivity index (χ0) is 19.2. The highest BCUT2D eigenvalue weighted by Crippen LogP contribution is 2.24. The first-order chi connectivity index (χ1) is 13.1. The smallest absolute Gasteiger partial charge is 0.255 e. The molecule has 1 saturated heterocycles. The molecule has 0 unspecified atom stereocenters. The fourth-order valence-corrected chi connectivity index (χ4v) is 3.11. The minimum atomic E-state index is -0.317. The van der Waals surface area contributed by atoms with E-state index >= 15 is 0 Å². The number of benzene rings is 1. The molecule has 2 heterocycles. The summed E-state index contributed by atoms with van der Waals surface area (Å²) in [7, 11) is 0. The Hall–Kier alpha value is -2.67. The zero-order valence-corrected chi connectivity index (χ0v) is 15.7. The molecule has 3 rings (SSSR count). The maximum Gasteiger partial charge on any atom is 0.255 e. The molecule has 0 bridgehead atoms. The van der Waals surface area contributed by atoms with Crippen LogP contribution in [0.4, 0.5) is 16.0 Å². The molecule has 0 atom stereocenters. The van der Waals surface area contributed by atoms with Crippen molar-refractivity contribution in [2.45, 2.75) is 20.4 Å². The third-order valence-electron chi connectivity index (χ3n) is 4.45. The standard InChI is InChI=1S/C20H25FN4O2/c1-3-22-19-18(20(26)23-13-15-5-4-6-16(21)12-15)14(2)11-17(24-19)25-7-9-27-10-8-25/h4-6,11-12H,3,7-10,13H2,1-2H3,(H,22,24)(H,23,26). The van der Waals surface area contributed by atoms with Crippen LogP contribution in [0.5, 0.6) is 0 Å². The van der Waals surface area contributed by atoms with Crippen molar-refractivity contribution < 1.29 is 13.9 Å². The lowest BCUT2D eigenvalue weighted by atomic mass is 10.1. The number of halogens is 1. The number of carbonyl (C=O) groups excluding carboxylic acids is 1. The number of rotatable bonds is 6. The number of anilines is 2. The molecule has 6 nitrogen and oxygen atoms in total. The van der Waals surface area contributed by atoms with Gasteiger partial charge < -0.3 is 20.3 Å². The van der Waals surface area contributed by atoms with Gasteiger partial charge in [-0.05, 0) is 43.2 Å². The van der Waals surface area contributed by atoms with E-state index in [0.29, 0.717) is 36.7 Å². The van der Waals surface area contributed by atoms with Crippen molar-refractivity contribution in [1.29, 1.82) is 0 Å². The summed E-state index contributed by atoms with van der Waals surface area (Å²) >= 11 is 0. The van der Waals surface area contributed by atoms with Crippen molar-refractivity contribution in [2.75, 3.05) is 43.1 Å². The third-order valence-corrected chi connectivity index (χ3v) is 4.45. The van der Waals surface area contributed by atoms with E-state index in [4.69, 9.17) is 4.74 Å². The summed E-state index contributed by atoms with van der Waals surface area (Å²) in [6, 6.07) is 8.14. The Labute approximate surface area is 158 Å². The maximum absolute atomic E-state index is 13.3. The molecule has 0 radical (unpaired) electrons. The molecule has 1 fully saturated rings. The van der Waals surface area contributed by atoms with E-state index in [1.165, 1.54) is 12.1 Å². The fourth-order valence-electron chi connectivity index (χ4n) is 3.11. The minimum Gasteiger partial charge on any atom is -0.378 e. The van der Waals surface area contributed by atoms with Crippen LogP contribution in [0.25, 0.3) is 0 Å². The fraction of sp³-hybridized carbons (Fsp3) is 0.400. The second-order valence-corrected chi connectivity index (χ2v) is 6.46. The lowest BCUT2D eigenvalue weighted by Crippen LogP contribution is -2.37. The monoisotopic (exact) mass is 372 g/mol. The molecule has 0 saturated carbocycles. The molecule has 1 aliphatic rings. The molecule has 1 amide bonds. The van der Waals surface area contributed by atoms with E-state index in [-0.39, 0.29) is 18.3 Å². The Morgan fingerprint density at radius 2 is 2.07 bits per heavy atom. The highest BCUT2D eigenvalue weighted by atomic mass is 19.1. The number of amides is 1. The Bertz CT molecular complexity index is 807. The number of aromatic nitrogens is 1. The summed E-state index contributed by atoms with van der Waals surface area (Å²) in [5.41, 5.74) is 2.08. The first-order valence-corrected chi connectivity index (χ1v) is 9.19. The van der Waals surface area contributed by atoms with Gasteiger partial charge in [-0.1, -0.05) is 12.1 Å². The number of hydrogen-bond donors (Lipinski definition) is 2. The molecule has 2 aromatic rings. The van der Waals surface area contributed by atoms with Gasteiger partial charge in [0.15, 0.2) is 0 Å². The number of nitrogens with zero attached hydrogens (tertiary/aromatic N) is 2. The number of morpholine rings is 1. The van der Waals surface area contributed by atoms with Crippen molar-refractivity contribution in [3.8, 4) is 0 Å². The predicted molar refractivity (Wildman–Crippen MR) is 104 cm³/mol. The Morgan fingerprint density at radius 3 is 2.78 bits per heavy atom. The molecular formula is C20H25FN4O2. The predicted octanol–water partition coefficient (Wildman–Crippen LogP) is 2.73. The number of ether oxygens (including phenoxy) is 1. The summed E-state index contributed by atoms with van der Waals surface area (Å²) in [6.07, 6.45) is 0. The second-order valence-electron chi connectivity index (χ2n) is 6.46. The van der Waals surface area contributed by atoms with E-state index < -0.39 is 0 Å². The van der Waals surface area contributed by atoms with E-state index in [9.17, 15) is 9.18 Å². The first kappa shape index (κ1) is 19.1. The van der Waals surface area contributed by atoms with Crippen molar-refractivity contribution >= 4 is 17.5 Å². The molecule has 0 spiro atoms. The highest BCUT2D eigenvalue weighted by Gasteiger charge is 2.20. The molecule has 144 valence electrons. The highest BCUT2D eigenvalue weighted by molar-refractivity contribution is 6.00. The molecule has 27 heavy (non-hydrogen) atoms. The van der Waals surface area contributed by atoms with Crippen LogP contribution < -0.4 is 15.5 Å². The summed E-state index contributed by atoms with van der Waals surface area (Å²) in [5.74, 6) is 0.862. The summed E-state index contributed by atoms with van der Waals surface area (Å²) in [4.78, 5) is 19.6. The molecule has 1 aliphatic heterocycles. The van der Waals surface area contributed by atoms with Gasteiger partial charge in [-0.2, -0.15) is 0 Å². The maximum atomic E-state index is 13.3. The summed E-state index contributed by atoms with van der Waals surface area (Å²) in [6.45, 7) is 7.69. The van der Waals surface area contributed by atoms with Gasteiger partial charge in [0.25, 0.3) is 5.91 Å². The Kier molecular flexibility index (Phi) is 6.24. The van der Waals surface area contributed by atoms with Crippen molar-refractivity contribution in [1.82, 2.24) is 10.3 Å². The van der Waals surface area contributed by atoms with Crippen LogP contribution in [0.1, 0.15) is 28.4 Å². The lowest BCUT2D eigenvalue weighted by Gasteiger charge is -2.29. The third kappa shape index (κ3) is 4.74. The Morgan fingerprint density at radius 1 is 1.30 bits per heavy atom. The van der Waals surface area contributed by atoms with Crippen LogP contribution in [-0.2, 0) is 11.3 Å². The van der Waals surface area contributed by atoms with E-state index in [0.717, 1.165) is 24.5 Å². The molecule has 1 aromatic heterocycles. The van der Waals surface area contributed by atoms with Gasteiger partial charge in [0.1, 0.15) is 17.5 Å². The van der Waals surface area contributed by atoms with Crippen LogP contribution in [0, 0.1) is 12.7 Å². The number of carbonyl (C=O) groups is 1. The van der Waals surface area contributed by atoms with Gasteiger partial charge in [0.05, 0.1) is 18.8 Å². The molecule has 0 aliphatic carbocycles. The minimum absolute atomic E-state index is 0.228. The van der Waals surface area contributed by atoms with E-state index in [1.54, 1.807) is 12.1 Å². The van der Waals surface area contributed by atoms with Gasteiger partial charge in [-0.3, -0.25) is 4.79 Å². The number of nitrogens with one attached hydrogen (secondary N) is 2. The number of pyridine rings is 1. The van der Waals surface area contributed by atoms with Crippen molar-refractivity contribution in [3.63, 3.8) is 0 Å². The normalized spacial score (nSPS) is 14.1. The van der Waals surface area contributed by atoms with Crippen LogP contribution in [0.3, 0.4) is 0 Å². The van der Waals surface area contributed by atoms with Crippen LogP contribution in [-0.4, -0.2) is 43.7 Å². The average molecular weight is 372 g/mol. The molecule has 2 N–H and O–H groups in total. The topological polar surface area (TPSA) is 66.5 Å². The zero-order valence-electron chi connectivity index (χ0n) is 15.7. The van der Waals surface area contributed by atoms with Crippen molar-refractivity contribution in [3.05, 3.63) is 52.8 Å². The van der Waals surface area contributed by atoms with Gasteiger partial charge in [-0.25, -0.2) is 9.37 Å². The van der Waals surface area contributed by atoms with E-state index in [1.807, 2.05) is 19.9 Å². The lowest BCUT2D eigenvalue weighted by molar-refractivity contribution is 0.0950. The first-order valence-electron chi connectivity index (χ1n) is 9.19. The SMILES string of the molecule is CCNc1nc(N2CCOCC2)cc(C)c1C(=O)NCc1cccc(F)c1. The van der Waals surface area contributed by atoms with Gasteiger partial charge in [-0.15, -0.1) is 0 Å². The van der Waals surface area contributed by atoms with Crippen LogP contribution in [0.15, 0.2) is 30.3 Å². The van der Waals surface area contributed by atoms with Gasteiger partial charge in [0.2, 0.25) is 0 Å². The number of aryl methyl sites for hydroxylation is 1. The van der Waals surface area contributed by atoms with Gasteiger partial charge in [0, 0.05) is 26.2 Å². The Balaban J connectivity index is 1.81. The second kappa shape index (κ2) is 8.81. The summed E-state index contributed by atoms with van der Waals surface area (Å²) < 4.78 is 18.7. The molecular weight excluding hydrogens is 347 g/mol. The van der Waals surface area contributed by atoms with E-state index in [2.05, 4.69) is 20.5 Å². The largest absolute Gasteiger partial charge is 0.378 e. The molecule has 7 heteroatoms. The van der Waals surface area contributed by atoms with Crippen LogP contribution in [0.2, 0.25) is 0 Å². The summed E-state index contributed by atoms with van der Waals surface area (Å²) in [5, 5.41) is 6.06. The van der Waals surface area contributed by atoms with Crippen LogP contribution >= 0.6 is 0 Å². The average Bonchev–Trinajstić information content (AvgIpc) is 2.67. The number of hydrogen-bond acceptors (Lipinski definition) is 5. The quantitative estimate of drug-likeness (QED) is 0.816.